The molecule has 0 bridgehead atoms. The maximum absolute atomic E-state index is 5.96. The van der Waals surface area contributed by atoms with Gasteiger partial charge in [0, 0.05) is 12.2 Å². The highest BCUT2D eigenvalue weighted by Gasteiger charge is 2.16. The van der Waals surface area contributed by atoms with Crippen molar-refractivity contribution in [1.82, 2.24) is 10.2 Å². The summed E-state index contributed by atoms with van der Waals surface area (Å²) in [7, 11) is 1.63. The second-order valence-electron chi connectivity index (χ2n) is 6.38. The van der Waals surface area contributed by atoms with E-state index in [2.05, 4.69) is 39.4 Å². The van der Waals surface area contributed by atoms with Gasteiger partial charge < -0.3 is 14.1 Å². The third-order valence-electron chi connectivity index (χ3n) is 4.47. The zero-order valence-electron chi connectivity index (χ0n) is 15.7. The molecule has 3 aromatic carbocycles. The molecule has 1 aromatic heterocycles. The molecule has 5 nitrogen and oxygen atoms in total. The van der Waals surface area contributed by atoms with Crippen LogP contribution in [0, 0.1) is 0 Å². The molecule has 0 unspecified atom stereocenters. The molecular formula is C23H21N3O2. The molecule has 0 saturated carbocycles. The van der Waals surface area contributed by atoms with Crippen molar-refractivity contribution in [2.45, 2.75) is 13.1 Å². The quantitative estimate of drug-likeness (QED) is 0.460. The zero-order chi connectivity index (χ0) is 19.2. The Morgan fingerprint density at radius 3 is 2.21 bits per heavy atom. The molecule has 0 fully saturated rings. The number of benzene rings is 3. The van der Waals surface area contributed by atoms with Crippen LogP contribution < -0.4 is 9.64 Å². The van der Waals surface area contributed by atoms with Gasteiger partial charge in [-0.2, -0.15) is 0 Å². The molecule has 1 heterocycles. The molecule has 28 heavy (non-hydrogen) atoms. The minimum Gasteiger partial charge on any atom is -0.496 e. The lowest BCUT2D eigenvalue weighted by Gasteiger charge is -2.23. The first kappa shape index (κ1) is 17.8. The Morgan fingerprint density at radius 1 is 0.786 bits per heavy atom. The fourth-order valence-corrected chi connectivity index (χ4v) is 3.09. The molecule has 0 N–H and O–H groups in total. The smallest absolute Gasteiger partial charge is 0.251 e. The minimum absolute atomic E-state index is 0.458. The van der Waals surface area contributed by atoms with Crippen LogP contribution in [0.4, 0.5) is 5.69 Å². The summed E-state index contributed by atoms with van der Waals surface area (Å²) in [4.78, 5) is 2.22. The fraction of sp³-hybridized carbons (Fsp3) is 0.130. The van der Waals surface area contributed by atoms with E-state index in [0.717, 1.165) is 17.8 Å². The van der Waals surface area contributed by atoms with Crippen molar-refractivity contribution >= 4 is 5.69 Å². The molecule has 0 aliphatic heterocycles. The van der Waals surface area contributed by atoms with E-state index in [-0.39, 0.29) is 0 Å². The average molecular weight is 371 g/mol. The number of hydrogen-bond acceptors (Lipinski definition) is 5. The van der Waals surface area contributed by atoms with Gasteiger partial charge in [-0.1, -0.05) is 60.7 Å². The Bertz CT molecular complexity index is 1020. The lowest BCUT2D eigenvalue weighted by Crippen LogP contribution is -2.22. The first-order chi connectivity index (χ1) is 13.8. The van der Waals surface area contributed by atoms with E-state index in [1.807, 2.05) is 60.7 Å². The SMILES string of the molecule is COc1ccccc1-c1nnc(CN(Cc2ccccc2)c2ccccc2)o1. The first-order valence-electron chi connectivity index (χ1n) is 9.13. The highest BCUT2D eigenvalue weighted by Crippen LogP contribution is 2.29. The molecule has 140 valence electrons. The fourth-order valence-electron chi connectivity index (χ4n) is 3.09. The van der Waals surface area contributed by atoms with Gasteiger partial charge in [0.25, 0.3) is 5.89 Å². The van der Waals surface area contributed by atoms with Crippen molar-refractivity contribution in [2.75, 3.05) is 12.0 Å². The van der Waals surface area contributed by atoms with E-state index in [1.54, 1.807) is 7.11 Å². The number of nitrogens with zero attached hydrogens (tertiary/aromatic N) is 3. The Hall–Kier alpha value is -3.60. The summed E-state index contributed by atoms with van der Waals surface area (Å²) >= 11 is 0. The largest absolute Gasteiger partial charge is 0.496 e. The molecule has 0 saturated heterocycles. The summed E-state index contributed by atoms with van der Waals surface area (Å²) < 4.78 is 11.4. The molecule has 4 rings (SSSR count). The predicted octanol–water partition coefficient (Wildman–Crippen LogP) is 4.95. The third kappa shape index (κ3) is 4.04. The minimum atomic E-state index is 0.458. The molecule has 0 spiro atoms. The monoisotopic (exact) mass is 371 g/mol. The van der Waals surface area contributed by atoms with Crippen LogP contribution in [0.1, 0.15) is 11.5 Å². The van der Waals surface area contributed by atoms with Crippen molar-refractivity contribution in [3.05, 3.63) is 96.4 Å². The van der Waals surface area contributed by atoms with E-state index in [1.165, 1.54) is 5.56 Å². The first-order valence-corrected chi connectivity index (χ1v) is 9.13. The van der Waals surface area contributed by atoms with Gasteiger partial charge >= 0.3 is 0 Å². The maximum Gasteiger partial charge on any atom is 0.251 e. The Balaban J connectivity index is 1.60. The van der Waals surface area contributed by atoms with Gasteiger partial charge in [0.15, 0.2) is 0 Å². The summed E-state index contributed by atoms with van der Waals surface area (Å²) in [6.07, 6.45) is 0. The van der Waals surface area contributed by atoms with Crippen molar-refractivity contribution in [3.8, 4) is 17.2 Å². The molecule has 0 radical (unpaired) electrons. The third-order valence-corrected chi connectivity index (χ3v) is 4.47. The molecule has 0 aliphatic rings. The molecule has 0 amide bonds. The summed E-state index contributed by atoms with van der Waals surface area (Å²) in [5.41, 5.74) is 3.11. The van der Waals surface area contributed by atoms with E-state index >= 15 is 0 Å². The van der Waals surface area contributed by atoms with Gasteiger partial charge in [0.1, 0.15) is 5.75 Å². The van der Waals surface area contributed by atoms with Gasteiger partial charge in [0.05, 0.1) is 19.2 Å². The van der Waals surface area contributed by atoms with E-state index in [0.29, 0.717) is 24.1 Å². The van der Waals surface area contributed by atoms with Crippen LogP contribution in [0.2, 0.25) is 0 Å². The predicted molar refractivity (Wildman–Crippen MR) is 109 cm³/mol. The molecule has 0 atom stereocenters. The molecule has 4 aromatic rings. The van der Waals surface area contributed by atoms with E-state index in [4.69, 9.17) is 9.15 Å². The number of para-hydroxylation sites is 2. The van der Waals surface area contributed by atoms with Gasteiger partial charge in [-0.25, -0.2) is 0 Å². The Morgan fingerprint density at radius 2 is 1.46 bits per heavy atom. The van der Waals surface area contributed by atoms with Gasteiger partial charge in [-0.05, 0) is 29.8 Å². The van der Waals surface area contributed by atoms with Crippen molar-refractivity contribution in [3.63, 3.8) is 0 Å². The number of methoxy groups -OCH3 is 1. The lowest BCUT2D eigenvalue weighted by atomic mass is 10.2. The second kappa shape index (κ2) is 8.39. The van der Waals surface area contributed by atoms with Crippen molar-refractivity contribution in [2.24, 2.45) is 0 Å². The standard InChI is InChI=1S/C23H21N3O2/c1-27-21-15-9-8-14-20(21)23-25-24-22(28-23)17-26(19-12-6-3-7-13-19)16-18-10-4-2-5-11-18/h2-15H,16-17H2,1H3. The van der Waals surface area contributed by atoms with Gasteiger partial charge in [0.2, 0.25) is 5.89 Å². The number of anilines is 1. The highest BCUT2D eigenvalue weighted by molar-refractivity contribution is 5.62. The topological polar surface area (TPSA) is 51.4 Å². The number of aromatic nitrogens is 2. The summed E-state index contributed by atoms with van der Waals surface area (Å²) in [6, 6.07) is 28.2. The van der Waals surface area contributed by atoms with Crippen LogP contribution >= 0.6 is 0 Å². The highest BCUT2D eigenvalue weighted by atomic mass is 16.5. The van der Waals surface area contributed by atoms with Gasteiger partial charge in [-0.3, -0.25) is 0 Å². The maximum atomic E-state index is 5.96. The molecular weight excluding hydrogens is 350 g/mol. The van der Waals surface area contributed by atoms with Crippen LogP contribution in [-0.2, 0) is 13.1 Å². The van der Waals surface area contributed by atoms with Crippen molar-refractivity contribution < 1.29 is 9.15 Å². The van der Waals surface area contributed by atoms with Crippen LogP contribution in [0.3, 0.4) is 0 Å². The van der Waals surface area contributed by atoms with E-state index < -0.39 is 0 Å². The Labute approximate surface area is 164 Å². The average Bonchev–Trinajstić information content (AvgIpc) is 3.23. The van der Waals surface area contributed by atoms with Crippen LogP contribution in [0.15, 0.2) is 89.3 Å². The second-order valence-corrected chi connectivity index (χ2v) is 6.38. The van der Waals surface area contributed by atoms with Crippen LogP contribution in [0.25, 0.3) is 11.5 Å². The number of ether oxygens (including phenoxy) is 1. The Kier molecular flexibility index (Phi) is 5.33. The normalized spacial score (nSPS) is 10.6. The summed E-state index contributed by atoms with van der Waals surface area (Å²) in [6.45, 7) is 1.26. The zero-order valence-corrected chi connectivity index (χ0v) is 15.7. The van der Waals surface area contributed by atoms with E-state index in [9.17, 15) is 0 Å². The van der Waals surface area contributed by atoms with Crippen molar-refractivity contribution in [1.29, 1.82) is 0 Å². The lowest BCUT2D eigenvalue weighted by molar-refractivity contribution is 0.413. The number of rotatable bonds is 7. The molecule has 0 aliphatic carbocycles. The summed E-state index contributed by atoms with van der Waals surface area (Å²) in [5, 5.41) is 8.49. The summed E-state index contributed by atoms with van der Waals surface area (Å²) in [5.74, 6) is 1.72. The van der Waals surface area contributed by atoms with Crippen LogP contribution in [0.5, 0.6) is 5.75 Å². The molecule has 5 heteroatoms. The van der Waals surface area contributed by atoms with Crippen LogP contribution in [-0.4, -0.2) is 17.3 Å². The number of hydrogen-bond donors (Lipinski definition) is 0. The van der Waals surface area contributed by atoms with Gasteiger partial charge in [-0.15, -0.1) is 10.2 Å².